The van der Waals surface area contributed by atoms with Gasteiger partial charge in [-0.15, -0.1) is 0 Å². The molecule has 0 radical (unpaired) electrons. The van der Waals surface area contributed by atoms with Crippen molar-refractivity contribution >= 4 is 11.9 Å². The van der Waals surface area contributed by atoms with Gasteiger partial charge in [-0.2, -0.15) is 0 Å². The van der Waals surface area contributed by atoms with Crippen LogP contribution < -0.4 is 5.32 Å². The Bertz CT molecular complexity index is 1440. The molecule has 1 aliphatic heterocycles. The van der Waals surface area contributed by atoms with Crippen molar-refractivity contribution in [3.63, 3.8) is 0 Å². The van der Waals surface area contributed by atoms with E-state index >= 15 is 0 Å². The van der Waals surface area contributed by atoms with Crippen molar-refractivity contribution < 1.29 is 49.3 Å². The topological polar surface area (TPSA) is 175 Å². The molecule has 416 valence electrons. The monoisotopic (exact) mass is 1010 g/mol. The van der Waals surface area contributed by atoms with Crippen molar-refractivity contribution in [3.8, 4) is 0 Å². The molecule has 6 N–H and O–H groups in total. The fraction of sp³-hybridized carbons (Fsp3) is 0.770. The molecule has 8 unspecified atom stereocenters. The molecule has 0 aromatic rings. The standard InChI is InChI=1S/C61H107NO10/c1-4-7-10-13-16-19-22-25-27-29-30-33-36-39-42-45-48-54(65)60(69)62-52(53(64)47-44-41-38-35-32-24-21-18-15-12-9-6-3)51-70-61-59(58(68)57(67)55(50-63)71-61)72-56(66)49-46-43-40-37-34-31-28-26-23-20-17-14-11-8-5-2/h8,11,14,16-17,19-20,23,25,27,44,47,52-55,57-59,61,63-65,67-68H,4-7,9-10,12-13,15,18,21-22,24,26,28-43,45-46,48-51H2,1-3H3,(H,62,69)/b11-8+,17-14+,19-16-,23-20+,27-25-,47-44+. The Kier molecular flexibility index (Phi) is 45.7. The van der Waals surface area contributed by atoms with Gasteiger partial charge in [-0.1, -0.05) is 229 Å². The number of aliphatic hydroxyl groups excluding tert-OH is 5. The molecular weight excluding hydrogens is 907 g/mol. The van der Waals surface area contributed by atoms with Crippen molar-refractivity contribution in [1.29, 1.82) is 0 Å². The van der Waals surface area contributed by atoms with Crippen molar-refractivity contribution in [2.75, 3.05) is 13.2 Å². The molecule has 72 heavy (non-hydrogen) atoms. The van der Waals surface area contributed by atoms with Gasteiger partial charge in [0.25, 0.3) is 0 Å². The minimum Gasteiger partial charge on any atom is -0.454 e. The lowest BCUT2D eigenvalue weighted by Gasteiger charge is -2.41. The molecule has 11 heteroatoms. The molecular formula is C61H107NO10. The summed E-state index contributed by atoms with van der Waals surface area (Å²) in [4.78, 5) is 26.5. The largest absolute Gasteiger partial charge is 0.454 e. The highest BCUT2D eigenvalue weighted by Gasteiger charge is 2.47. The quantitative estimate of drug-likeness (QED) is 0.0149. The Hall–Kier alpha value is -2.90. The van der Waals surface area contributed by atoms with Crippen LogP contribution in [-0.4, -0.2) is 99.6 Å². The number of aliphatic hydroxyl groups is 5. The molecule has 1 saturated heterocycles. The number of carbonyl (C=O) groups excluding carboxylic acids is 2. The fourth-order valence-corrected chi connectivity index (χ4v) is 8.74. The van der Waals surface area contributed by atoms with Crippen molar-refractivity contribution in [2.24, 2.45) is 0 Å². The molecule has 1 amide bonds. The molecule has 1 rings (SSSR count). The molecule has 11 nitrogen and oxygen atoms in total. The lowest BCUT2D eigenvalue weighted by molar-refractivity contribution is -0.305. The van der Waals surface area contributed by atoms with Crippen LogP contribution in [0.1, 0.15) is 239 Å². The highest BCUT2D eigenvalue weighted by Crippen LogP contribution is 2.26. The van der Waals surface area contributed by atoms with Gasteiger partial charge in [-0.25, -0.2) is 0 Å². The zero-order chi connectivity index (χ0) is 52.5. The number of unbranched alkanes of at least 4 members (excludes halogenated alkanes) is 26. The Morgan fingerprint density at radius 2 is 1.06 bits per heavy atom. The Labute approximate surface area is 439 Å². The number of hydrogen-bond donors (Lipinski definition) is 6. The van der Waals surface area contributed by atoms with Crippen LogP contribution >= 0.6 is 0 Å². The van der Waals surface area contributed by atoms with E-state index in [1.807, 2.05) is 12.2 Å². The minimum absolute atomic E-state index is 0.107. The summed E-state index contributed by atoms with van der Waals surface area (Å²) in [6.07, 6.45) is 50.8. The van der Waals surface area contributed by atoms with E-state index in [1.165, 1.54) is 77.0 Å². The maximum Gasteiger partial charge on any atom is 0.306 e. The first-order valence-corrected chi connectivity index (χ1v) is 29.2. The highest BCUT2D eigenvalue weighted by atomic mass is 16.7. The first kappa shape index (κ1) is 67.1. The van der Waals surface area contributed by atoms with Crippen LogP contribution in [0.3, 0.4) is 0 Å². The molecule has 1 fully saturated rings. The SMILES string of the molecule is CC/C=C/C=C/C=C/CCCCCCCCCC(=O)OC1C(OCC(NC(=O)C(O)CCCCCCCC/C=C\C/C=C\CCCCC)C(O)/C=C/CCCCCCCCCCCC)OC(CO)C(O)C1O. The van der Waals surface area contributed by atoms with E-state index in [-0.39, 0.29) is 19.4 Å². The van der Waals surface area contributed by atoms with Gasteiger partial charge in [0.05, 0.1) is 25.4 Å². The van der Waals surface area contributed by atoms with Gasteiger partial charge in [-0.05, 0) is 77.0 Å². The van der Waals surface area contributed by atoms with Gasteiger partial charge in [0.15, 0.2) is 12.4 Å². The number of allylic oxidation sites excluding steroid dienone is 11. The number of carbonyl (C=O) groups is 2. The Morgan fingerprint density at radius 3 is 1.62 bits per heavy atom. The first-order valence-electron chi connectivity index (χ1n) is 29.2. The zero-order valence-electron chi connectivity index (χ0n) is 45.8. The number of rotatable bonds is 48. The lowest BCUT2D eigenvalue weighted by atomic mass is 9.99. The predicted octanol–water partition coefficient (Wildman–Crippen LogP) is 13.2. The maximum atomic E-state index is 13.4. The first-order chi connectivity index (χ1) is 35.2. The molecule has 0 spiro atoms. The average Bonchev–Trinajstić information content (AvgIpc) is 3.38. The summed E-state index contributed by atoms with van der Waals surface area (Å²) < 4.78 is 17.6. The van der Waals surface area contributed by atoms with Gasteiger partial charge < -0.3 is 45.1 Å². The summed E-state index contributed by atoms with van der Waals surface area (Å²) in [5.74, 6) is -1.22. The highest BCUT2D eigenvalue weighted by molar-refractivity contribution is 5.80. The second-order valence-corrected chi connectivity index (χ2v) is 20.1. The number of ether oxygens (including phenoxy) is 3. The second-order valence-electron chi connectivity index (χ2n) is 20.1. The van der Waals surface area contributed by atoms with Crippen LogP contribution in [-0.2, 0) is 23.8 Å². The molecule has 0 aromatic heterocycles. The summed E-state index contributed by atoms with van der Waals surface area (Å²) in [5.41, 5.74) is 0. The Balaban J connectivity index is 2.74. The summed E-state index contributed by atoms with van der Waals surface area (Å²) >= 11 is 0. The van der Waals surface area contributed by atoms with Gasteiger partial charge in [0.1, 0.15) is 24.4 Å². The summed E-state index contributed by atoms with van der Waals surface area (Å²) in [5, 5.41) is 56.8. The van der Waals surface area contributed by atoms with Gasteiger partial charge >= 0.3 is 5.97 Å². The summed E-state index contributed by atoms with van der Waals surface area (Å²) in [6.45, 7) is 5.61. The van der Waals surface area contributed by atoms with Crippen LogP contribution in [0, 0.1) is 0 Å². The van der Waals surface area contributed by atoms with Crippen LogP contribution in [0.4, 0.5) is 0 Å². The van der Waals surface area contributed by atoms with E-state index in [4.69, 9.17) is 14.2 Å². The average molecular weight is 1010 g/mol. The van der Waals surface area contributed by atoms with Crippen molar-refractivity contribution in [2.45, 2.75) is 288 Å². The smallest absolute Gasteiger partial charge is 0.306 e. The van der Waals surface area contributed by atoms with Crippen LogP contribution in [0.5, 0.6) is 0 Å². The molecule has 0 saturated carbocycles. The van der Waals surface area contributed by atoms with E-state index in [2.05, 4.69) is 80.8 Å². The van der Waals surface area contributed by atoms with Crippen LogP contribution in [0.2, 0.25) is 0 Å². The molecule has 0 bridgehead atoms. The predicted molar refractivity (Wildman–Crippen MR) is 296 cm³/mol. The second kappa shape index (κ2) is 49.0. The maximum absolute atomic E-state index is 13.4. The van der Waals surface area contributed by atoms with Gasteiger partial charge in [0.2, 0.25) is 5.91 Å². The van der Waals surface area contributed by atoms with E-state index in [1.54, 1.807) is 6.08 Å². The van der Waals surface area contributed by atoms with E-state index in [0.29, 0.717) is 12.8 Å². The molecule has 8 atom stereocenters. The molecule has 0 aliphatic carbocycles. The number of esters is 1. The minimum atomic E-state index is -1.62. The normalized spacial score (nSPS) is 20.0. The van der Waals surface area contributed by atoms with E-state index < -0.39 is 67.4 Å². The fourth-order valence-electron chi connectivity index (χ4n) is 8.74. The van der Waals surface area contributed by atoms with Crippen LogP contribution in [0.25, 0.3) is 0 Å². The lowest BCUT2D eigenvalue weighted by Crippen LogP contribution is -2.61. The van der Waals surface area contributed by atoms with Gasteiger partial charge in [-0.3, -0.25) is 9.59 Å². The summed E-state index contributed by atoms with van der Waals surface area (Å²) in [6, 6.07) is -1.03. The van der Waals surface area contributed by atoms with E-state index in [0.717, 1.165) is 116 Å². The third-order valence-electron chi connectivity index (χ3n) is 13.4. The number of amides is 1. The number of hydrogen-bond acceptors (Lipinski definition) is 10. The molecule has 1 heterocycles. The summed E-state index contributed by atoms with van der Waals surface area (Å²) in [7, 11) is 0. The molecule has 0 aromatic carbocycles. The Morgan fingerprint density at radius 1 is 0.569 bits per heavy atom. The van der Waals surface area contributed by atoms with Crippen molar-refractivity contribution in [3.05, 3.63) is 72.9 Å². The van der Waals surface area contributed by atoms with Crippen molar-refractivity contribution in [1.82, 2.24) is 5.32 Å². The third kappa shape index (κ3) is 36.9. The third-order valence-corrected chi connectivity index (χ3v) is 13.4. The van der Waals surface area contributed by atoms with Gasteiger partial charge in [0, 0.05) is 6.42 Å². The zero-order valence-corrected chi connectivity index (χ0v) is 45.8. The molecule has 1 aliphatic rings. The van der Waals surface area contributed by atoms with Crippen LogP contribution in [0.15, 0.2) is 72.9 Å². The van der Waals surface area contributed by atoms with E-state index in [9.17, 15) is 35.1 Å². The number of nitrogens with one attached hydrogen (secondary N) is 1.